The van der Waals surface area contributed by atoms with Gasteiger partial charge in [0.25, 0.3) is 0 Å². The van der Waals surface area contributed by atoms with Crippen LogP contribution in [0, 0.1) is 0 Å². The third kappa shape index (κ3) is 27.5. The Morgan fingerprint density at radius 2 is 0.540 bits per heavy atom. The maximum Gasteiger partial charge on any atom is 0.320 e. The number of hydrogen-bond donors (Lipinski definition) is 2. The molecule has 2 N–H and O–H groups in total. The maximum absolute atomic E-state index is 12.8. The van der Waals surface area contributed by atoms with E-state index in [0.29, 0.717) is 0 Å². The number of nitrogens with zero attached hydrogens (tertiary/aromatic N) is 4. The summed E-state index contributed by atoms with van der Waals surface area (Å²) in [4.78, 5) is 80.2. The van der Waals surface area contributed by atoms with Gasteiger partial charge in [0.1, 0.15) is 22.4 Å². The Kier molecular flexibility index (Phi) is 19.1. The number of hydrogen-bond acceptors (Lipinski definition) is 14. The molecule has 290 valence electrons. The van der Waals surface area contributed by atoms with Crippen LogP contribution in [-0.4, -0.2) is 167 Å². The van der Waals surface area contributed by atoms with Crippen molar-refractivity contribution in [2.24, 2.45) is 0 Å². The van der Waals surface area contributed by atoms with Gasteiger partial charge >= 0.3 is 35.8 Å². The van der Waals surface area contributed by atoms with E-state index in [-0.39, 0.29) is 65.4 Å². The summed E-state index contributed by atoms with van der Waals surface area (Å²) >= 11 is 0. The zero-order chi connectivity index (χ0) is 39.1. The van der Waals surface area contributed by atoms with Crippen LogP contribution in [0.3, 0.4) is 0 Å². The van der Waals surface area contributed by atoms with E-state index in [9.17, 15) is 39.0 Å². The van der Waals surface area contributed by atoms with E-state index in [0.717, 1.165) is 0 Å². The van der Waals surface area contributed by atoms with E-state index in [1.165, 1.54) is 4.90 Å². The van der Waals surface area contributed by atoms with Gasteiger partial charge < -0.3 is 29.2 Å². The zero-order valence-corrected chi connectivity index (χ0v) is 32.3. The largest absolute Gasteiger partial charge is 0.480 e. The van der Waals surface area contributed by atoms with Crippen molar-refractivity contribution < 1.29 is 57.9 Å². The molecule has 0 saturated carbocycles. The molecule has 0 rings (SSSR count). The lowest BCUT2D eigenvalue weighted by atomic mass is 10.2. The lowest BCUT2D eigenvalue weighted by molar-refractivity contribution is -0.162. The SMILES string of the molecule is CC(C)(C)OC(=O)CN(CCN(CCN(CC(=O)O)CC(=O)O)CCN(CC(=O)OC(C)(C)C)CC(=O)OC(C)(C)C)CC(=O)OC(C)(C)C. The van der Waals surface area contributed by atoms with Crippen molar-refractivity contribution in [1.82, 2.24) is 19.6 Å². The minimum absolute atomic E-state index is 0.0505. The molecule has 0 unspecified atom stereocenters. The van der Waals surface area contributed by atoms with Gasteiger partial charge in [-0.1, -0.05) is 0 Å². The Hall–Kier alpha value is -3.34. The molecule has 16 heteroatoms. The molecule has 0 spiro atoms. The number of esters is 4. The van der Waals surface area contributed by atoms with Crippen molar-refractivity contribution >= 4 is 35.8 Å². The summed E-state index contributed by atoms with van der Waals surface area (Å²) in [6.45, 7) is 19.8. The van der Waals surface area contributed by atoms with Crippen molar-refractivity contribution in [2.45, 2.75) is 105 Å². The highest BCUT2D eigenvalue weighted by atomic mass is 16.6. The Balaban J connectivity index is 6.26. The Labute approximate surface area is 297 Å². The molecule has 0 aromatic heterocycles. The van der Waals surface area contributed by atoms with Gasteiger partial charge in [-0.15, -0.1) is 0 Å². The minimum atomic E-state index is -1.19. The average molecular weight is 719 g/mol. The monoisotopic (exact) mass is 718 g/mol. The summed E-state index contributed by atoms with van der Waals surface area (Å²) < 4.78 is 21.9. The summed E-state index contributed by atoms with van der Waals surface area (Å²) in [6, 6.07) is 0. The predicted molar refractivity (Wildman–Crippen MR) is 184 cm³/mol. The molecule has 0 saturated heterocycles. The first kappa shape index (κ1) is 46.7. The van der Waals surface area contributed by atoms with E-state index in [1.807, 2.05) is 4.90 Å². The van der Waals surface area contributed by atoms with E-state index < -0.39 is 71.3 Å². The van der Waals surface area contributed by atoms with Gasteiger partial charge in [-0.25, -0.2) is 0 Å². The Morgan fingerprint density at radius 3 is 0.720 bits per heavy atom. The first-order valence-corrected chi connectivity index (χ1v) is 16.7. The van der Waals surface area contributed by atoms with Crippen LogP contribution in [0.25, 0.3) is 0 Å². The van der Waals surface area contributed by atoms with Gasteiger partial charge in [0.15, 0.2) is 0 Å². The molecule has 0 heterocycles. The molecule has 0 aromatic carbocycles. The molecule has 50 heavy (non-hydrogen) atoms. The van der Waals surface area contributed by atoms with E-state index in [2.05, 4.69) is 0 Å². The lowest BCUT2D eigenvalue weighted by Crippen LogP contribution is -2.48. The number of carbonyl (C=O) groups excluding carboxylic acids is 4. The van der Waals surface area contributed by atoms with Gasteiger partial charge in [-0.3, -0.25) is 48.4 Å². The highest BCUT2D eigenvalue weighted by Gasteiger charge is 2.27. The van der Waals surface area contributed by atoms with Crippen molar-refractivity contribution in [3.8, 4) is 0 Å². The number of ether oxygens (including phenoxy) is 4. The fourth-order valence-corrected chi connectivity index (χ4v) is 4.43. The van der Waals surface area contributed by atoms with Crippen LogP contribution >= 0.6 is 0 Å². The molecule has 0 amide bonds. The molecular weight excluding hydrogens is 656 g/mol. The second kappa shape index (κ2) is 20.5. The Morgan fingerprint density at radius 1 is 0.360 bits per heavy atom. The number of carboxylic acids is 2. The van der Waals surface area contributed by atoms with Gasteiger partial charge in [0, 0.05) is 39.3 Å². The highest BCUT2D eigenvalue weighted by molar-refractivity contribution is 5.76. The lowest BCUT2D eigenvalue weighted by Gasteiger charge is -2.32. The summed E-state index contributed by atoms with van der Waals surface area (Å²) in [6.07, 6.45) is 0. The predicted octanol–water partition coefficient (Wildman–Crippen LogP) is 1.73. The van der Waals surface area contributed by atoms with Crippen LogP contribution in [0.4, 0.5) is 0 Å². The molecule has 16 nitrogen and oxygen atoms in total. The van der Waals surface area contributed by atoms with Crippen LogP contribution in [0.15, 0.2) is 0 Å². The normalized spacial score (nSPS) is 12.7. The number of carbonyl (C=O) groups is 6. The molecule has 0 bridgehead atoms. The third-order valence-electron chi connectivity index (χ3n) is 6.01. The van der Waals surface area contributed by atoms with E-state index in [1.54, 1.807) is 92.9 Å². The van der Waals surface area contributed by atoms with Crippen molar-refractivity contribution in [3.05, 3.63) is 0 Å². The van der Waals surface area contributed by atoms with Crippen LogP contribution in [0.5, 0.6) is 0 Å². The summed E-state index contributed by atoms with van der Waals surface area (Å²) in [5.74, 6) is -4.60. The topological polar surface area (TPSA) is 193 Å². The summed E-state index contributed by atoms with van der Waals surface area (Å²) in [7, 11) is 0. The quantitative estimate of drug-likeness (QED) is 0.129. The van der Waals surface area contributed by atoms with Gasteiger partial charge in [-0.05, 0) is 83.1 Å². The smallest absolute Gasteiger partial charge is 0.320 e. The number of rotatable bonds is 21. The first-order chi connectivity index (χ1) is 22.5. The number of carboxylic acid groups (broad SMARTS) is 2. The van der Waals surface area contributed by atoms with Gasteiger partial charge in [-0.2, -0.15) is 0 Å². The summed E-state index contributed by atoms with van der Waals surface area (Å²) in [5, 5.41) is 18.7. The molecule has 0 aromatic rings. The van der Waals surface area contributed by atoms with Crippen LogP contribution in [0.1, 0.15) is 83.1 Å². The van der Waals surface area contributed by atoms with Gasteiger partial charge in [0.2, 0.25) is 0 Å². The van der Waals surface area contributed by atoms with Crippen molar-refractivity contribution in [2.75, 3.05) is 78.5 Å². The molecule has 0 aliphatic carbocycles. The Bertz CT molecular complexity index is 989. The van der Waals surface area contributed by atoms with Crippen LogP contribution in [-0.2, 0) is 47.7 Å². The second-order valence-electron chi connectivity index (χ2n) is 16.1. The molecule has 0 aliphatic rings. The average Bonchev–Trinajstić information content (AvgIpc) is 2.82. The minimum Gasteiger partial charge on any atom is -0.480 e. The van der Waals surface area contributed by atoms with Gasteiger partial charge in [0.05, 0.1) is 39.3 Å². The van der Waals surface area contributed by atoms with E-state index in [4.69, 9.17) is 18.9 Å². The second-order valence-corrected chi connectivity index (χ2v) is 16.1. The third-order valence-corrected chi connectivity index (χ3v) is 6.01. The molecule has 0 aliphatic heterocycles. The van der Waals surface area contributed by atoms with Crippen LogP contribution in [0.2, 0.25) is 0 Å². The fraction of sp³-hybridized carbons (Fsp3) is 0.824. The molecule has 0 fully saturated rings. The molecule has 0 atom stereocenters. The number of aliphatic carboxylic acids is 2. The van der Waals surface area contributed by atoms with Crippen molar-refractivity contribution in [1.29, 1.82) is 0 Å². The van der Waals surface area contributed by atoms with E-state index >= 15 is 0 Å². The first-order valence-electron chi connectivity index (χ1n) is 16.7. The summed E-state index contributed by atoms with van der Waals surface area (Å²) in [5.41, 5.74) is -3.04. The fourth-order valence-electron chi connectivity index (χ4n) is 4.43. The molecular formula is C34H62N4O12. The maximum atomic E-state index is 12.8. The zero-order valence-electron chi connectivity index (χ0n) is 32.3. The highest BCUT2D eigenvalue weighted by Crippen LogP contribution is 2.12. The molecule has 0 radical (unpaired) electrons. The van der Waals surface area contributed by atoms with Crippen LogP contribution < -0.4 is 0 Å². The van der Waals surface area contributed by atoms with Crippen molar-refractivity contribution in [3.63, 3.8) is 0 Å². The standard InChI is InChI=1S/C34H62N4O12/c1-31(2,3)47-27(43)21-37(22-28(44)48-32(4,5)6)17-14-35(13-16-36(19-25(39)40)20-26(41)42)15-18-38(23-29(45)49-33(7,8)9)24-30(46)50-34(10,11)12/h13-24H2,1-12H3,(H,39,40)(H,41,42).